The number of rotatable bonds is 7. The summed E-state index contributed by atoms with van der Waals surface area (Å²) in [6.07, 6.45) is 0.906. The second-order valence-electron chi connectivity index (χ2n) is 5.68. The van der Waals surface area contributed by atoms with Crippen LogP contribution < -0.4 is 9.62 Å². The van der Waals surface area contributed by atoms with Crippen molar-refractivity contribution < 1.29 is 27.1 Å². The summed E-state index contributed by atoms with van der Waals surface area (Å²) in [6.45, 7) is -0.101. The number of amides is 1. The van der Waals surface area contributed by atoms with E-state index in [4.69, 9.17) is 0 Å². The number of sulfonamides is 1. The van der Waals surface area contributed by atoms with E-state index in [0.717, 1.165) is 22.7 Å². The van der Waals surface area contributed by atoms with E-state index < -0.39 is 27.7 Å². The van der Waals surface area contributed by atoms with Crippen LogP contribution in [0, 0.1) is 5.82 Å². The number of hydrogen-bond donors (Lipinski definition) is 1. The average Bonchev–Trinajstić information content (AvgIpc) is 2.62. The van der Waals surface area contributed by atoms with Gasteiger partial charge in [0.1, 0.15) is 5.82 Å². The number of carbonyl (C=O) groups excluding carboxylic acids is 2. The molecule has 0 bridgehead atoms. The summed E-state index contributed by atoms with van der Waals surface area (Å²) in [5, 5.41) is 2.62. The van der Waals surface area contributed by atoms with Gasteiger partial charge in [0.05, 0.1) is 24.6 Å². The molecule has 0 aliphatic rings. The molecule has 144 valence electrons. The summed E-state index contributed by atoms with van der Waals surface area (Å²) in [5.74, 6) is -1.38. The highest BCUT2D eigenvalue weighted by molar-refractivity contribution is 7.92. The Kier molecular flexibility index (Phi) is 6.51. The van der Waals surface area contributed by atoms with E-state index in [-0.39, 0.29) is 18.7 Å². The fraction of sp³-hybridized carbons (Fsp3) is 0.222. The number of nitrogens with one attached hydrogen (secondary N) is 1. The molecular weight excluding hydrogens is 375 g/mol. The van der Waals surface area contributed by atoms with Crippen LogP contribution in [0.4, 0.5) is 15.8 Å². The van der Waals surface area contributed by atoms with Crippen molar-refractivity contribution in [2.45, 2.75) is 6.42 Å². The van der Waals surface area contributed by atoms with Crippen molar-refractivity contribution in [2.24, 2.45) is 0 Å². The van der Waals surface area contributed by atoms with Crippen LogP contribution in [0.5, 0.6) is 0 Å². The van der Waals surface area contributed by atoms with Crippen LogP contribution in [-0.4, -0.2) is 40.2 Å². The predicted molar refractivity (Wildman–Crippen MR) is 99.6 cm³/mol. The van der Waals surface area contributed by atoms with Gasteiger partial charge in [-0.2, -0.15) is 0 Å². The summed E-state index contributed by atoms with van der Waals surface area (Å²) in [7, 11) is -2.37. The van der Waals surface area contributed by atoms with E-state index >= 15 is 0 Å². The van der Waals surface area contributed by atoms with Crippen LogP contribution in [0.15, 0.2) is 48.5 Å². The van der Waals surface area contributed by atoms with E-state index in [1.165, 1.54) is 31.4 Å². The molecule has 1 N–H and O–H groups in total. The minimum atomic E-state index is -3.64. The lowest BCUT2D eigenvalue weighted by atomic mass is 10.2. The maximum absolute atomic E-state index is 13.0. The van der Waals surface area contributed by atoms with Crippen molar-refractivity contribution in [3.8, 4) is 0 Å². The number of hydrogen-bond acceptors (Lipinski definition) is 5. The quantitative estimate of drug-likeness (QED) is 0.728. The van der Waals surface area contributed by atoms with Gasteiger partial charge in [0.25, 0.3) is 0 Å². The lowest BCUT2D eigenvalue weighted by Gasteiger charge is -2.22. The van der Waals surface area contributed by atoms with Crippen molar-refractivity contribution >= 4 is 33.3 Å². The third kappa shape index (κ3) is 5.78. The Morgan fingerprint density at radius 2 is 1.67 bits per heavy atom. The zero-order chi connectivity index (χ0) is 20.0. The molecule has 0 saturated carbocycles. The first kappa shape index (κ1) is 20.4. The molecule has 0 radical (unpaired) electrons. The van der Waals surface area contributed by atoms with Crippen molar-refractivity contribution in [1.82, 2.24) is 0 Å². The monoisotopic (exact) mass is 394 g/mol. The lowest BCUT2D eigenvalue weighted by molar-refractivity contribution is -0.116. The summed E-state index contributed by atoms with van der Waals surface area (Å²) in [4.78, 5) is 23.5. The third-order valence-electron chi connectivity index (χ3n) is 3.65. The van der Waals surface area contributed by atoms with Crippen LogP contribution in [0.2, 0.25) is 0 Å². The number of carbonyl (C=O) groups is 2. The van der Waals surface area contributed by atoms with Crippen molar-refractivity contribution in [2.75, 3.05) is 29.5 Å². The molecule has 0 unspecified atom stereocenters. The van der Waals surface area contributed by atoms with Crippen LogP contribution >= 0.6 is 0 Å². The summed E-state index contributed by atoms with van der Waals surface area (Å²) in [6, 6.07) is 11.1. The molecule has 2 aromatic carbocycles. The molecule has 0 aromatic heterocycles. The Bertz CT molecular complexity index is 912. The van der Waals surface area contributed by atoms with Crippen LogP contribution in [0.1, 0.15) is 16.8 Å². The minimum Gasteiger partial charge on any atom is -0.465 e. The van der Waals surface area contributed by atoms with E-state index in [0.29, 0.717) is 11.3 Å². The van der Waals surface area contributed by atoms with Crippen molar-refractivity contribution in [3.63, 3.8) is 0 Å². The zero-order valence-electron chi connectivity index (χ0n) is 14.8. The summed E-state index contributed by atoms with van der Waals surface area (Å²) < 4.78 is 42.6. The Hall–Kier alpha value is -2.94. The molecule has 0 heterocycles. The Labute approximate surface area is 156 Å². The molecule has 7 nitrogen and oxygen atoms in total. The van der Waals surface area contributed by atoms with Crippen LogP contribution in [0.25, 0.3) is 0 Å². The maximum Gasteiger partial charge on any atom is 0.337 e. The van der Waals surface area contributed by atoms with Gasteiger partial charge in [0.15, 0.2) is 0 Å². The fourth-order valence-corrected chi connectivity index (χ4v) is 3.26. The number of anilines is 2. The number of nitrogens with zero attached hydrogens (tertiary/aromatic N) is 1. The van der Waals surface area contributed by atoms with Gasteiger partial charge in [-0.15, -0.1) is 0 Å². The van der Waals surface area contributed by atoms with Gasteiger partial charge in [-0.05, 0) is 48.5 Å². The molecule has 0 fully saturated rings. The first-order valence-corrected chi connectivity index (χ1v) is 9.77. The molecule has 0 aliphatic heterocycles. The van der Waals surface area contributed by atoms with Gasteiger partial charge >= 0.3 is 5.97 Å². The molecular formula is C18H19FN2O5S. The summed E-state index contributed by atoms with van der Waals surface area (Å²) in [5.41, 5.74) is 1.07. The number of ether oxygens (including phenoxy) is 1. The Balaban J connectivity index is 2.01. The molecule has 0 spiro atoms. The third-order valence-corrected chi connectivity index (χ3v) is 4.84. The molecule has 0 aliphatic carbocycles. The standard InChI is InChI=1S/C18H19FN2O5S/c1-26-18(23)13-3-7-15(8-4-13)20-17(22)11-12-21(27(2,24)25)16-9-5-14(19)6-10-16/h3-10H,11-12H2,1-2H3,(H,20,22). The van der Waals surface area contributed by atoms with E-state index in [9.17, 15) is 22.4 Å². The second kappa shape index (κ2) is 8.63. The first-order chi connectivity index (χ1) is 12.7. The van der Waals surface area contributed by atoms with Crippen LogP contribution in [0.3, 0.4) is 0 Å². The van der Waals surface area contributed by atoms with Crippen LogP contribution in [-0.2, 0) is 19.6 Å². The van der Waals surface area contributed by atoms with Gasteiger partial charge in [-0.3, -0.25) is 9.10 Å². The molecule has 0 atom stereocenters. The van der Waals surface area contributed by atoms with Gasteiger partial charge in [-0.25, -0.2) is 17.6 Å². The second-order valence-corrected chi connectivity index (χ2v) is 7.59. The topological polar surface area (TPSA) is 92.8 Å². The molecule has 0 saturated heterocycles. The predicted octanol–water partition coefficient (Wildman–Crippen LogP) is 2.41. The number of benzene rings is 2. The smallest absolute Gasteiger partial charge is 0.337 e. The Morgan fingerprint density at radius 3 is 2.19 bits per heavy atom. The molecule has 2 rings (SSSR count). The number of halogens is 1. The van der Waals surface area contributed by atoms with Gasteiger partial charge < -0.3 is 10.1 Å². The molecule has 27 heavy (non-hydrogen) atoms. The zero-order valence-corrected chi connectivity index (χ0v) is 15.6. The van der Waals surface area contributed by atoms with Gasteiger partial charge in [0, 0.05) is 18.7 Å². The minimum absolute atomic E-state index is 0.101. The number of methoxy groups -OCH3 is 1. The maximum atomic E-state index is 13.0. The van der Waals surface area contributed by atoms with Gasteiger partial charge in [-0.1, -0.05) is 0 Å². The summed E-state index contributed by atoms with van der Waals surface area (Å²) >= 11 is 0. The lowest BCUT2D eigenvalue weighted by Crippen LogP contribution is -2.33. The first-order valence-electron chi connectivity index (χ1n) is 7.92. The Morgan fingerprint density at radius 1 is 1.07 bits per heavy atom. The molecule has 9 heteroatoms. The average molecular weight is 394 g/mol. The molecule has 2 aromatic rings. The SMILES string of the molecule is COC(=O)c1ccc(NC(=O)CCN(c2ccc(F)cc2)S(C)(=O)=O)cc1. The largest absolute Gasteiger partial charge is 0.465 e. The van der Waals surface area contributed by atoms with E-state index in [1.54, 1.807) is 12.1 Å². The number of esters is 1. The highest BCUT2D eigenvalue weighted by atomic mass is 32.2. The fourth-order valence-electron chi connectivity index (χ4n) is 2.33. The highest BCUT2D eigenvalue weighted by Gasteiger charge is 2.18. The van der Waals surface area contributed by atoms with Gasteiger partial charge in [0.2, 0.25) is 15.9 Å². The van der Waals surface area contributed by atoms with E-state index in [1.807, 2.05) is 0 Å². The van der Waals surface area contributed by atoms with Crippen molar-refractivity contribution in [1.29, 1.82) is 0 Å². The normalized spacial score (nSPS) is 10.9. The van der Waals surface area contributed by atoms with E-state index in [2.05, 4.69) is 10.1 Å². The van der Waals surface area contributed by atoms with Crippen molar-refractivity contribution in [3.05, 3.63) is 59.9 Å². The highest BCUT2D eigenvalue weighted by Crippen LogP contribution is 2.18. The molecule has 1 amide bonds.